The third kappa shape index (κ3) is 3.35. The lowest BCUT2D eigenvalue weighted by molar-refractivity contribution is 0.458. The number of hydrogen-bond donors (Lipinski definition) is 1. The largest absolute Gasteiger partial charge is 0.469 e. The van der Waals surface area contributed by atoms with Gasteiger partial charge in [-0.15, -0.1) is 0 Å². The molecule has 5 heteroatoms. The summed E-state index contributed by atoms with van der Waals surface area (Å²) < 4.78 is 28.0. The lowest BCUT2D eigenvalue weighted by Gasteiger charge is -2.22. The van der Waals surface area contributed by atoms with E-state index < -0.39 is 9.84 Å². The van der Waals surface area contributed by atoms with E-state index in [4.69, 9.17) is 4.42 Å². The molecule has 0 bridgehead atoms. The van der Waals surface area contributed by atoms with Gasteiger partial charge in [0.25, 0.3) is 0 Å². The van der Waals surface area contributed by atoms with E-state index in [1.807, 2.05) is 12.1 Å². The number of nitrogens with one attached hydrogen (secondary N) is 1. The van der Waals surface area contributed by atoms with Gasteiger partial charge in [0.15, 0.2) is 9.84 Å². The summed E-state index contributed by atoms with van der Waals surface area (Å²) in [5, 5.41) is 3.28. The Morgan fingerprint density at radius 3 is 3.06 bits per heavy atom. The van der Waals surface area contributed by atoms with Gasteiger partial charge in [0.05, 0.1) is 17.8 Å². The highest BCUT2D eigenvalue weighted by Crippen LogP contribution is 2.12. The van der Waals surface area contributed by atoms with Gasteiger partial charge in [0, 0.05) is 19.0 Å². The first-order valence-corrected chi connectivity index (χ1v) is 7.44. The molecule has 0 radical (unpaired) electrons. The van der Waals surface area contributed by atoms with Gasteiger partial charge >= 0.3 is 0 Å². The van der Waals surface area contributed by atoms with Gasteiger partial charge in [-0.25, -0.2) is 8.42 Å². The Hall–Kier alpha value is -0.810. The molecular weight excluding hydrogens is 226 g/mol. The quantitative estimate of drug-likeness (QED) is 0.856. The lowest BCUT2D eigenvalue weighted by atomic mass is 10.2. The molecule has 0 amide bonds. The highest BCUT2D eigenvalue weighted by atomic mass is 32.2. The molecule has 2 rings (SSSR count). The van der Waals surface area contributed by atoms with E-state index in [1.165, 1.54) is 0 Å². The molecule has 1 unspecified atom stereocenters. The van der Waals surface area contributed by atoms with E-state index >= 15 is 0 Å². The molecule has 90 valence electrons. The van der Waals surface area contributed by atoms with Gasteiger partial charge in [0.1, 0.15) is 5.76 Å². The van der Waals surface area contributed by atoms with E-state index in [-0.39, 0.29) is 11.8 Å². The minimum Gasteiger partial charge on any atom is -0.469 e. The van der Waals surface area contributed by atoms with Crippen LogP contribution < -0.4 is 5.32 Å². The summed E-state index contributed by atoms with van der Waals surface area (Å²) in [6, 6.07) is 3.91. The summed E-state index contributed by atoms with van der Waals surface area (Å²) in [5.41, 5.74) is 0. The molecule has 1 atom stereocenters. The number of rotatable bonds is 4. The molecule has 2 heterocycles. The molecule has 1 aliphatic heterocycles. The first kappa shape index (κ1) is 11.7. The van der Waals surface area contributed by atoms with Gasteiger partial charge in [0.2, 0.25) is 0 Å². The van der Waals surface area contributed by atoms with Gasteiger partial charge in [-0.2, -0.15) is 0 Å². The fourth-order valence-corrected chi connectivity index (χ4v) is 3.71. The lowest BCUT2D eigenvalue weighted by Crippen LogP contribution is -2.40. The van der Waals surface area contributed by atoms with Crippen molar-refractivity contribution in [3.05, 3.63) is 24.2 Å². The minimum atomic E-state index is -2.80. The van der Waals surface area contributed by atoms with Crippen LogP contribution in [0.15, 0.2) is 22.8 Å². The Morgan fingerprint density at radius 1 is 1.50 bits per heavy atom. The van der Waals surface area contributed by atoms with Gasteiger partial charge in [-0.1, -0.05) is 0 Å². The Kier molecular flexibility index (Phi) is 3.66. The highest BCUT2D eigenvalue weighted by molar-refractivity contribution is 7.91. The van der Waals surface area contributed by atoms with Crippen LogP contribution in [0.3, 0.4) is 0 Å². The Morgan fingerprint density at radius 2 is 2.38 bits per heavy atom. The van der Waals surface area contributed by atoms with Crippen LogP contribution in [0.2, 0.25) is 0 Å². The van der Waals surface area contributed by atoms with Crippen LogP contribution in [-0.2, 0) is 16.3 Å². The predicted octanol–water partition coefficient (Wildman–Crippen LogP) is 0.989. The molecule has 0 spiro atoms. The van der Waals surface area contributed by atoms with Crippen molar-refractivity contribution in [2.45, 2.75) is 25.3 Å². The molecule has 0 aromatic carbocycles. The fraction of sp³-hybridized carbons (Fsp3) is 0.636. The highest BCUT2D eigenvalue weighted by Gasteiger charge is 2.23. The molecule has 1 N–H and O–H groups in total. The molecule has 4 nitrogen and oxygen atoms in total. The van der Waals surface area contributed by atoms with Crippen molar-refractivity contribution in [2.75, 3.05) is 18.1 Å². The van der Waals surface area contributed by atoms with Gasteiger partial charge in [-0.3, -0.25) is 0 Å². The maximum atomic E-state index is 11.4. The third-order valence-electron chi connectivity index (χ3n) is 2.85. The molecule has 1 saturated heterocycles. The second-order valence-electron chi connectivity index (χ2n) is 4.24. The van der Waals surface area contributed by atoms with Gasteiger partial charge < -0.3 is 9.73 Å². The number of sulfone groups is 1. The zero-order chi connectivity index (χ0) is 11.4. The Balaban J connectivity index is 1.74. The zero-order valence-corrected chi connectivity index (χ0v) is 10.0. The molecule has 1 aliphatic rings. The van der Waals surface area contributed by atoms with Crippen LogP contribution in [0, 0.1) is 0 Å². The Bertz CT molecular complexity index is 410. The summed E-state index contributed by atoms with van der Waals surface area (Å²) in [6.07, 6.45) is 4.20. The average molecular weight is 243 g/mol. The van der Waals surface area contributed by atoms with Gasteiger partial charge in [-0.05, 0) is 25.0 Å². The standard InChI is InChI=1S/C11H17NO3S/c13-16(14)8-2-3-10(9-16)12-6-5-11-4-1-7-15-11/h1,4,7,10,12H,2-3,5-6,8-9H2. The summed E-state index contributed by atoms with van der Waals surface area (Å²) in [5.74, 6) is 1.57. The molecule has 0 aliphatic carbocycles. The third-order valence-corrected chi connectivity index (χ3v) is 4.67. The topological polar surface area (TPSA) is 59.3 Å². The van der Waals surface area contributed by atoms with Crippen molar-refractivity contribution in [1.29, 1.82) is 0 Å². The summed E-state index contributed by atoms with van der Waals surface area (Å²) in [6.45, 7) is 0.772. The maximum absolute atomic E-state index is 11.4. The SMILES string of the molecule is O=S1(=O)CCCC(NCCc2ccco2)C1. The van der Waals surface area contributed by atoms with Crippen LogP contribution in [-0.4, -0.2) is 32.5 Å². The summed E-state index contributed by atoms with van der Waals surface area (Å²) >= 11 is 0. The van der Waals surface area contributed by atoms with E-state index in [0.29, 0.717) is 5.75 Å². The summed E-state index contributed by atoms with van der Waals surface area (Å²) in [4.78, 5) is 0. The first-order valence-electron chi connectivity index (χ1n) is 5.62. The van der Waals surface area contributed by atoms with Crippen LogP contribution >= 0.6 is 0 Å². The first-order chi connectivity index (χ1) is 7.66. The molecule has 1 aromatic heterocycles. The number of furan rings is 1. The monoisotopic (exact) mass is 243 g/mol. The van der Waals surface area contributed by atoms with E-state index in [9.17, 15) is 8.42 Å². The molecule has 16 heavy (non-hydrogen) atoms. The normalized spacial score (nSPS) is 24.4. The minimum absolute atomic E-state index is 0.119. The number of hydrogen-bond acceptors (Lipinski definition) is 4. The predicted molar refractivity (Wildman–Crippen MR) is 62.1 cm³/mol. The zero-order valence-electron chi connectivity index (χ0n) is 9.19. The van der Waals surface area contributed by atoms with Crippen molar-refractivity contribution in [1.82, 2.24) is 5.32 Å². The Labute approximate surface area is 95.9 Å². The average Bonchev–Trinajstić information content (AvgIpc) is 2.69. The second-order valence-corrected chi connectivity index (χ2v) is 6.47. The van der Waals surface area contributed by atoms with Crippen molar-refractivity contribution < 1.29 is 12.8 Å². The fourth-order valence-electron chi connectivity index (χ4n) is 2.04. The van der Waals surface area contributed by atoms with E-state index in [0.717, 1.165) is 31.6 Å². The second kappa shape index (κ2) is 5.01. The van der Waals surface area contributed by atoms with Crippen molar-refractivity contribution in [2.24, 2.45) is 0 Å². The van der Waals surface area contributed by atoms with Crippen molar-refractivity contribution >= 4 is 9.84 Å². The van der Waals surface area contributed by atoms with Crippen LogP contribution in [0.4, 0.5) is 0 Å². The van der Waals surface area contributed by atoms with E-state index in [1.54, 1.807) is 6.26 Å². The van der Waals surface area contributed by atoms with Crippen LogP contribution in [0.5, 0.6) is 0 Å². The molecule has 1 aromatic rings. The summed E-state index contributed by atoms with van der Waals surface area (Å²) in [7, 11) is -2.80. The van der Waals surface area contributed by atoms with Crippen molar-refractivity contribution in [3.8, 4) is 0 Å². The molecular formula is C11H17NO3S. The van der Waals surface area contributed by atoms with Crippen molar-refractivity contribution in [3.63, 3.8) is 0 Å². The van der Waals surface area contributed by atoms with E-state index in [2.05, 4.69) is 5.32 Å². The van der Waals surface area contributed by atoms with Crippen LogP contribution in [0.25, 0.3) is 0 Å². The van der Waals surface area contributed by atoms with Crippen LogP contribution in [0.1, 0.15) is 18.6 Å². The maximum Gasteiger partial charge on any atom is 0.151 e. The molecule has 0 saturated carbocycles. The smallest absolute Gasteiger partial charge is 0.151 e. The molecule has 1 fully saturated rings.